The van der Waals surface area contributed by atoms with Crippen molar-refractivity contribution in [2.24, 2.45) is 0 Å². The van der Waals surface area contributed by atoms with Crippen molar-refractivity contribution in [3.63, 3.8) is 0 Å². The van der Waals surface area contributed by atoms with Gasteiger partial charge in [-0.15, -0.1) is 0 Å². The van der Waals surface area contributed by atoms with Crippen LogP contribution in [0.2, 0.25) is 0 Å². The van der Waals surface area contributed by atoms with Gasteiger partial charge in [-0.3, -0.25) is 0 Å². The van der Waals surface area contributed by atoms with Gasteiger partial charge in [0.05, 0.1) is 5.41 Å². The Morgan fingerprint density at radius 2 is 0.688 bits per heavy atom. The summed E-state index contributed by atoms with van der Waals surface area (Å²) in [5, 5.41) is 15.4. The SMILES string of the molecule is c1ccc(-c2cc(-c3ccccc3)cc(-c3c4ccccc4c(-c4ccc5c(c4)C4(c6ccccc6-c6ccccc64)c4c-5c5cccc6cc(-c7ccc8ccccc8c7)c7cccc4c7c65)c4ccccc34)c2)cc1. The van der Waals surface area contributed by atoms with Crippen molar-refractivity contribution in [1.82, 2.24) is 0 Å². The second-order valence-electron chi connectivity index (χ2n) is 21.3. The van der Waals surface area contributed by atoms with Crippen LogP contribution >= 0.6 is 0 Å². The highest BCUT2D eigenvalue weighted by atomic mass is 14.5. The zero-order chi connectivity index (χ0) is 50.3. The Bertz CT molecular complexity index is 4800. The first-order chi connectivity index (χ1) is 38.2. The first kappa shape index (κ1) is 42.5. The maximum Gasteiger partial charge on any atom is 0.0731 e. The first-order valence-corrected chi connectivity index (χ1v) is 27.0. The van der Waals surface area contributed by atoms with Crippen LogP contribution < -0.4 is 0 Å². The van der Waals surface area contributed by atoms with Gasteiger partial charge >= 0.3 is 0 Å². The smallest absolute Gasteiger partial charge is 0.0622 e. The molecule has 2 aliphatic rings. The summed E-state index contributed by atoms with van der Waals surface area (Å²) in [6, 6.07) is 106. The Morgan fingerprint density at radius 1 is 0.195 bits per heavy atom. The lowest BCUT2D eigenvalue weighted by Gasteiger charge is -2.32. The third kappa shape index (κ3) is 5.87. The summed E-state index contributed by atoms with van der Waals surface area (Å²) in [6.07, 6.45) is 0. The number of benzene rings is 15. The summed E-state index contributed by atoms with van der Waals surface area (Å²) in [4.78, 5) is 0. The molecule has 0 saturated carbocycles. The molecule has 0 N–H and O–H groups in total. The van der Waals surface area contributed by atoms with Crippen molar-refractivity contribution < 1.29 is 0 Å². The molecular formula is C77H46. The van der Waals surface area contributed by atoms with E-state index in [1.807, 2.05) is 0 Å². The van der Waals surface area contributed by atoms with Crippen LogP contribution in [0.1, 0.15) is 22.3 Å². The molecule has 354 valence electrons. The second-order valence-corrected chi connectivity index (χ2v) is 21.3. The van der Waals surface area contributed by atoms with Crippen LogP contribution in [0, 0.1) is 0 Å². The molecule has 17 rings (SSSR count). The Balaban J connectivity index is 0.964. The molecule has 0 nitrogen and oxygen atoms in total. The van der Waals surface area contributed by atoms with Crippen molar-refractivity contribution in [3.05, 3.63) is 301 Å². The molecule has 0 aromatic heterocycles. The molecule has 0 heterocycles. The van der Waals surface area contributed by atoms with E-state index in [1.54, 1.807) is 0 Å². The molecule has 0 saturated heterocycles. The van der Waals surface area contributed by atoms with Gasteiger partial charge in [0, 0.05) is 0 Å². The lowest BCUT2D eigenvalue weighted by atomic mass is 9.68. The molecule has 0 radical (unpaired) electrons. The number of fused-ring (bicyclic) bond motifs is 15. The van der Waals surface area contributed by atoms with Crippen molar-refractivity contribution in [2.75, 3.05) is 0 Å². The fourth-order valence-electron chi connectivity index (χ4n) is 14.5. The summed E-state index contributed by atoms with van der Waals surface area (Å²) in [6.45, 7) is 0. The van der Waals surface area contributed by atoms with E-state index in [2.05, 4.69) is 279 Å². The molecule has 2 aliphatic carbocycles. The monoisotopic (exact) mass is 970 g/mol. The summed E-state index contributed by atoms with van der Waals surface area (Å²) in [5.41, 5.74) is 22.4. The normalized spacial score (nSPS) is 13.0. The Morgan fingerprint density at radius 3 is 1.35 bits per heavy atom. The standard InChI is InChI=1S/C77H46/c1-3-19-47(20-4-1)54-42-55(48-21-5-2-6-22-48)44-56(43-54)72-61-30-11-9-28-59(61)71(60-29-10-12-31-62(60)72)53-39-40-64-70(46-53)77(68-35-15-13-26-57(68)58-27-14-16-36-69(58)77)76-66-34-18-32-63-67(51-38-37-49-23-7-8-24-50(49)41-51)45-52-25-17-33-65(75(64)76)73(52)74(63)66/h1-46H. The third-order valence-corrected chi connectivity index (χ3v) is 17.5. The van der Waals surface area contributed by atoms with Crippen LogP contribution in [0.25, 0.3) is 143 Å². The van der Waals surface area contributed by atoms with Gasteiger partial charge in [-0.25, -0.2) is 0 Å². The van der Waals surface area contributed by atoms with Crippen molar-refractivity contribution in [2.45, 2.75) is 5.41 Å². The summed E-state index contributed by atoms with van der Waals surface area (Å²) in [5.74, 6) is 0. The topological polar surface area (TPSA) is 0 Å². The fourth-order valence-corrected chi connectivity index (χ4v) is 14.5. The van der Waals surface area contributed by atoms with E-state index >= 15 is 0 Å². The van der Waals surface area contributed by atoms with Gasteiger partial charge < -0.3 is 0 Å². The number of hydrogen-bond donors (Lipinski definition) is 0. The predicted molar refractivity (Wildman–Crippen MR) is 326 cm³/mol. The zero-order valence-electron chi connectivity index (χ0n) is 42.1. The van der Waals surface area contributed by atoms with Gasteiger partial charge in [-0.05, 0) is 201 Å². The van der Waals surface area contributed by atoms with Gasteiger partial charge in [0.1, 0.15) is 0 Å². The van der Waals surface area contributed by atoms with Crippen molar-refractivity contribution in [3.8, 4) is 77.9 Å². The lowest BCUT2D eigenvalue weighted by Crippen LogP contribution is -2.26. The van der Waals surface area contributed by atoms with E-state index in [0.29, 0.717) is 0 Å². The minimum absolute atomic E-state index is 0.599. The molecule has 15 aromatic carbocycles. The molecule has 0 aliphatic heterocycles. The predicted octanol–water partition coefficient (Wildman–Crippen LogP) is 20.7. The van der Waals surface area contributed by atoms with E-state index in [-0.39, 0.29) is 0 Å². The van der Waals surface area contributed by atoms with Crippen LogP contribution in [0.5, 0.6) is 0 Å². The van der Waals surface area contributed by atoms with Crippen molar-refractivity contribution >= 4 is 64.6 Å². The van der Waals surface area contributed by atoms with E-state index in [0.717, 1.165) is 0 Å². The highest BCUT2D eigenvalue weighted by Gasteiger charge is 2.53. The van der Waals surface area contributed by atoms with E-state index in [1.165, 1.54) is 165 Å². The van der Waals surface area contributed by atoms with Crippen LogP contribution in [0.4, 0.5) is 0 Å². The molecule has 0 heteroatoms. The molecule has 0 bridgehead atoms. The molecule has 77 heavy (non-hydrogen) atoms. The number of hydrogen-bond acceptors (Lipinski definition) is 0. The second kappa shape index (κ2) is 16.1. The third-order valence-electron chi connectivity index (χ3n) is 17.5. The van der Waals surface area contributed by atoms with Gasteiger partial charge in [-0.1, -0.05) is 243 Å². The van der Waals surface area contributed by atoms with Crippen LogP contribution in [-0.4, -0.2) is 0 Å². The highest BCUT2D eigenvalue weighted by Crippen LogP contribution is 2.66. The average Bonchev–Trinajstić information content (AvgIpc) is 4.14. The largest absolute Gasteiger partial charge is 0.0731 e. The van der Waals surface area contributed by atoms with Gasteiger partial charge in [0.2, 0.25) is 0 Å². The highest BCUT2D eigenvalue weighted by molar-refractivity contribution is 6.32. The lowest BCUT2D eigenvalue weighted by molar-refractivity contribution is 0.802. The minimum atomic E-state index is -0.599. The number of rotatable bonds is 5. The van der Waals surface area contributed by atoms with E-state index in [4.69, 9.17) is 0 Å². The van der Waals surface area contributed by atoms with E-state index in [9.17, 15) is 0 Å². The quantitative estimate of drug-likeness (QED) is 0.119. The molecule has 0 unspecified atom stereocenters. The first-order valence-electron chi connectivity index (χ1n) is 27.0. The Labute approximate surface area is 446 Å². The fraction of sp³-hybridized carbons (Fsp3) is 0.0130. The van der Waals surface area contributed by atoms with Crippen LogP contribution in [0.15, 0.2) is 279 Å². The zero-order valence-corrected chi connectivity index (χ0v) is 42.1. The molecule has 0 fully saturated rings. The molecule has 1 spiro atoms. The van der Waals surface area contributed by atoms with Crippen LogP contribution in [-0.2, 0) is 5.41 Å². The average molecular weight is 971 g/mol. The van der Waals surface area contributed by atoms with Gasteiger partial charge in [0.15, 0.2) is 0 Å². The van der Waals surface area contributed by atoms with Gasteiger partial charge in [-0.2, -0.15) is 0 Å². The maximum atomic E-state index is 2.61. The Kier molecular flexibility index (Phi) is 8.86. The van der Waals surface area contributed by atoms with Gasteiger partial charge in [0.25, 0.3) is 0 Å². The van der Waals surface area contributed by atoms with Crippen molar-refractivity contribution in [1.29, 1.82) is 0 Å². The van der Waals surface area contributed by atoms with Crippen LogP contribution in [0.3, 0.4) is 0 Å². The molecule has 0 amide bonds. The Hall–Kier alpha value is -9.88. The summed E-state index contributed by atoms with van der Waals surface area (Å²) in [7, 11) is 0. The molecule has 0 atom stereocenters. The maximum absolute atomic E-state index is 2.61. The summed E-state index contributed by atoms with van der Waals surface area (Å²) < 4.78 is 0. The molecule has 15 aromatic rings. The van der Waals surface area contributed by atoms with E-state index < -0.39 is 5.41 Å². The minimum Gasteiger partial charge on any atom is -0.0622 e. The summed E-state index contributed by atoms with van der Waals surface area (Å²) >= 11 is 0. The molecular weight excluding hydrogens is 925 g/mol.